The molecule has 17 heavy (non-hydrogen) atoms. The number of aliphatic imine (C=N–C) groups is 1. The number of allylic oxidation sites excluding steroid dienone is 1. The normalized spacial score (nSPS) is 18.4. The topological polar surface area (TPSA) is 85.3 Å². The van der Waals surface area contributed by atoms with Gasteiger partial charge >= 0.3 is 0 Å². The number of amides is 1. The molecule has 3 N–H and O–H groups in total. The van der Waals surface area contributed by atoms with Crippen LogP contribution in [0.4, 0.5) is 0 Å². The lowest BCUT2D eigenvalue weighted by molar-refractivity contribution is 0.0936. The molecular formula is C10H13N5OS. The van der Waals surface area contributed by atoms with Gasteiger partial charge in [0.2, 0.25) is 0 Å². The van der Waals surface area contributed by atoms with Gasteiger partial charge in [-0.3, -0.25) is 14.9 Å². The van der Waals surface area contributed by atoms with Gasteiger partial charge in [-0.25, -0.2) is 4.98 Å². The lowest BCUT2D eigenvalue weighted by atomic mass is 10.2. The molecule has 1 aliphatic rings. The van der Waals surface area contributed by atoms with Crippen LogP contribution in [0.25, 0.3) is 0 Å². The van der Waals surface area contributed by atoms with Crippen LogP contribution >= 0.6 is 11.9 Å². The molecule has 2 heterocycles. The fraction of sp³-hybridized carbons (Fsp3) is 0.300. The molecule has 7 heteroatoms. The van der Waals surface area contributed by atoms with Gasteiger partial charge < -0.3 is 9.88 Å². The summed E-state index contributed by atoms with van der Waals surface area (Å²) >= 11 is 1.01. The van der Waals surface area contributed by atoms with Crippen molar-refractivity contribution in [2.45, 2.75) is 11.2 Å². The van der Waals surface area contributed by atoms with Gasteiger partial charge in [-0.05, 0) is 18.0 Å². The molecule has 1 atom stereocenters. The van der Waals surface area contributed by atoms with Crippen LogP contribution in [0.2, 0.25) is 0 Å². The number of nitrogens with zero attached hydrogens (tertiary/aromatic N) is 3. The second kappa shape index (κ2) is 5.15. The Hall–Kier alpha value is -1.60. The number of carbonyl (C=O) groups is 1. The van der Waals surface area contributed by atoms with E-state index in [0.29, 0.717) is 17.4 Å². The Morgan fingerprint density at radius 1 is 1.71 bits per heavy atom. The third-order valence-electron chi connectivity index (χ3n) is 2.44. The quantitative estimate of drug-likeness (QED) is 0.747. The van der Waals surface area contributed by atoms with Crippen LogP contribution in [0.5, 0.6) is 0 Å². The average Bonchev–Trinajstić information content (AvgIpc) is 2.71. The minimum absolute atomic E-state index is 0.0589. The van der Waals surface area contributed by atoms with Gasteiger partial charge in [0.05, 0.1) is 18.8 Å². The maximum absolute atomic E-state index is 12.0. The van der Waals surface area contributed by atoms with Crippen molar-refractivity contribution in [2.75, 3.05) is 6.54 Å². The molecule has 0 saturated heterocycles. The van der Waals surface area contributed by atoms with Crippen LogP contribution in [0.3, 0.4) is 0 Å². The van der Waals surface area contributed by atoms with E-state index in [9.17, 15) is 4.79 Å². The first-order valence-electron chi connectivity index (χ1n) is 5.08. The van der Waals surface area contributed by atoms with Crippen molar-refractivity contribution in [2.24, 2.45) is 17.2 Å². The van der Waals surface area contributed by atoms with Gasteiger partial charge in [0, 0.05) is 13.3 Å². The molecular weight excluding hydrogens is 238 g/mol. The lowest BCUT2D eigenvalue weighted by Gasteiger charge is -2.14. The second-order valence-corrected chi connectivity index (χ2v) is 4.18. The van der Waals surface area contributed by atoms with Gasteiger partial charge in [-0.1, -0.05) is 6.08 Å². The molecule has 0 radical (unpaired) electrons. The van der Waals surface area contributed by atoms with Crippen LogP contribution in [0.1, 0.15) is 10.5 Å². The van der Waals surface area contributed by atoms with E-state index in [0.717, 1.165) is 11.9 Å². The zero-order chi connectivity index (χ0) is 12.3. The first-order chi connectivity index (χ1) is 8.22. The highest BCUT2D eigenvalue weighted by Crippen LogP contribution is 2.11. The van der Waals surface area contributed by atoms with E-state index in [2.05, 4.69) is 15.3 Å². The molecule has 6 nitrogen and oxygen atoms in total. The Balaban J connectivity index is 2.06. The number of hydrogen-bond donors (Lipinski definition) is 2. The highest BCUT2D eigenvalue weighted by molar-refractivity contribution is 7.96. The maximum atomic E-state index is 12.0. The van der Waals surface area contributed by atoms with Crippen molar-refractivity contribution in [3.05, 3.63) is 24.0 Å². The summed E-state index contributed by atoms with van der Waals surface area (Å²) < 4.78 is 1.66. The smallest absolute Gasteiger partial charge is 0.270 e. The van der Waals surface area contributed by atoms with Crippen molar-refractivity contribution in [1.82, 2.24) is 14.9 Å². The summed E-state index contributed by atoms with van der Waals surface area (Å²) in [5.74, 6) is -0.174. The molecule has 0 saturated carbocycles. The van der Waals surface area contributed by atoms with Gasteiger partial charge in [0.1, 0.15) is 5.69 Å². The second-order valence-electron chi connectivity index (χ2n) is 3.58. The molecule has 2 rings (SSSR count). The summed E-state index contributed by atoms with van der Waals surface area (Å²) in [6.45, 7) is 0.568. The summed E-state index contributed by atoms with van der Waals surface area (Å²) in [6, 6.07) is -0.0589. The monoisotopic (exact) mass is 251 g/mol. The minimum Gasteiger partial charge on any atom is -0.343 e. The van der Waals surface area contributed by atoms with E-state index < -0.39 is 0 Å². The van der Waals surface area contributed by atoms with Gasteiger partial charge in [-0.2, -0.15) is 0 Å². The third kappa shape index (κ3) is 2.56. The molecule has 1 unspecified atom stereocenters. The summed E-state index contributed by atoms with van der Waals surface area (Å²) in [4.78, 5) is 20.1. The fourth-order valence-corrected chi connectivity index (χ4v) is 1.90. The van der Waals surface area contributed by atoms with Crippen molar-refractivity contribution in [1.29, 1.82) is 0 Å². The standard InChI is InChI=1S/C10H13N5OS/c1-15-8(6-13-10(15)17-11)9(16)14-7-3-2-4-12-5-7/h2-4,6-7H,5,11H2,1H3,(H,14,16). The Bertz CT molecular complexity index is 479. The largest absolute Gasteiger partial charge is 0.343 e. The number of dihydropyridines is 1. The molecule has 0 spiro atoms. The van der Waals surface area contributed by atoms with Crippen LogP contribution < -0.4 is 10.5 Å². The molecule has 0 fully saturated rings. The van der Waals surface area contributed by atoms with E-state index in [1.165, 1.54) is 6.20 Å². The van der Waals surface area contributed by atoms with Crippen molar-refractivity contribution in [3.8, 4) is 0 Å². The van der Waals surface area contributed by atoms with E-state index >= 15 is 0 Å². The SMILES string of the molecule is Cn1c(C(=O)NC2C=CC=NC2)cnc1SN. The Morgan fingerprint density at radius 2 is 2.53 bits per heavy atom. The molecule has 0 aliphatic carbocycles. The van der Waals surface area contributed by atoms with Gasteiger partial charge in [0.25, 0.3) is 5.91 Å². The first kappa shape index (κ1) is 11.9. The Kier molecular flexibility index (Phi) is 3.60. The van der Waals surface area contributed by atoms with Crippen LogP contribution in [-0.2, 0) is 7.05 Å². The first-order valence-corrected chi connectivity index (χ1v) is 5.96. The minimum atomic E-state index is -0.174. The molecule has 90 valence electrons. The van der Waals surface area contributed by atoms with E-state index in [1.54, 1.807) is 17.8 Å². The number of nitrogens with one attached hydrogen (secondary N) is 1. The summed E-state index contributed by atoms with van der Waals surface area (Å²) in [5, 5.41) is 8.89. The Morgan fingerprint density at radius 3 is 3.12 bits per heavy atom. The predicted octanol–water partition coefficient (Wildman–Crippen LogP) is 0.125. The maximum Gasteiger partial charge on any atom is 0.270 e. The number of imidazole rings is 1. The van der Waals surface area contributed by atoms with E-state index in [4.69, 9.17) is 5.14 Å². The summed E-state index contributed by atoms with van der Waals surface area (Å²) in [6.07, 6.45) is 6.95. The molecule has 1 aromatic heterocycles. The zero-order valence-corrected chi connectivity index (χ0v) is 10.1. The summed E-state index contributed by atoms with van der Waals surface area (Å²) in [5.41, 5.74) is 0.487. The number of carbonyl (C=O) groups excluding carboxylic acids is 1. The highest BCUT2D eigenvalue weighted by atomic mass is 32.2. The van der Waals surface area contributed by atoms with Crippen LogP contribution in [-0.4, -0.2) is 34.3 Å². The average molecular weight is 251 g/mol. The van der Waals surface area contributed by atoms with Gasteiger partial charge in [0.15, 0.2) is 5.16 Å². The number of aromatic nitrogens is 2. The van der Waals surface area contributed by atoms with Crippen molar-refractivity contribution >= 4 is 24.1 Å². The van der Waals surface area contributed by atoms with Crippen LogP contribution in [0.15, 0.2) is 28.5 Å². The molecule has 1 aliphatic heterocycles. The van der Waals surface area contributed by atoms with Crippen molar-refractivity contribution in [3.63, 3.8) is 0 Å². The third-order valence-corrected chi connectivity index (χ3v) is 3.03. The lowest BCUT2D eigenvalue weighted by Crippen LogP contribution is -2.37. The molecule has 0 aromatic carbocycles. The van der Waals surface area contributed by atoms with Gasteiger partial charge in [-0.15, -0.1) is 0 Å². The molecule has 1 aromatic rings. The number of rotatable bonds is 3. The Labute approximate surface area is 103 Å². The predicted molar refractivity (Wildman–Crippen MR) is 67.0 cm³/mol. The number of hydrogen-bond acceptors (Lipinski definition) is 5. The highest BCUT2D eigenvalue weighted by Gasteiger charge is 2.16. The number of nitrogens with two attached hydrogens (primary N) is 1. The van der Waals surface area contributed by atoms with E-state index in [-0.39, 0.29) is 11.9 Å². The fourth-order valence-electron chi connectivity index (χ4n) is 1.53. The molecule has 0 bridgehead atoms. The zero-order valence-electron chi connectivity index (χ0n) is 9.33. The van der Waals surface area contributed by atoms with Crippen molar-refractivity contribution < 1.29 is 4.79 Å². The van der Waals surface area contributed by atoms with Crippen LogP contribution in [0, 0.1) is 0 Å². The summed E-state index contributed by atoms with van der Waals surface area (Å²) in [7, 11) is 1.76. The van der Waals surface area contributed by atoms with E-state index in [1.807, 2.05) is 12.2 Å². The molecule has 1 amide bonds.